The lowest BCUT2D eigenvalue weighted by atomic mass is 10.1. The minimum Gasteiger partial charge on any atom is -0.492 e. The minimum atomic E-state index is -3.82. The molecule has 0 radical (unpaired) electrons. The van der Waals surface area contributed by atoms with Crippen molar-refractivity contribution in [2.75, 3.05) is 30.3 Å². The number of nitrogens with zero attached hydrogens (tertiary/aromatic N) is 2. The SMILES string of the molecule is CCNC(=O)[C@H](C)N(Cc1ccc(C)cc1)C(=O)CN(c1ccccc1OCC)S(C)(=O)=O. The van der Waals surface area contributed by atoms with E-state index in [1.54, 1.807) is 45.0 Å². The predicted octanol–water partition coefficient (Wildman–Crippen LogP) is 2.71. The third kappa shape index (κ3) is 7.21. The molecular formula is C24H33N3O5S. The number of nitrogens with one attached hydrogen (secondary N) is 1. The molecule has 33 heavy (non-hydrogen) atoms. The summed E-state index contributed by atoms with van der Waals surface area (Å²) in [6.07, 6.45) is 1.04. The Hall–Kier alpha value is -3.07. The molecule has 2 aromatic carbocycles. The van der Waals surface area contributed by atoms with Gasteiger partial charge in [0.2, 0.25) is 21.8 Å². The lowest BCUT2D eigenvalue weighted by Gasteiger charge is -2.31. The van der Waals surface area contributed by atoms with Crippen molar-refractivity contribution in [1.29, 1.82) is 0 Å². The molecule has 0 heterocycles. The number of anilines is 1. The second-order valence-corrected chi connectivity index (χ2v) is 9.65. The zero-order chi connectivity index (χ0) is 24.6. The molecule has 0 aliphatic heterocycles. The van der Waals surface area contributed by atoms with E-state index < -0.39 is 28.5 Å². The van der Waals surface area contributed by atoms with Crippen LogP contribution >= 0.6 is 0 Å². The third-order valence-corrected chi connectivity index (χ3v) is 6.23. The molecule has 1 N–H and O–H groups in total. The van der Waals surface area contributed by atoms with Crippen LogP contribution < -0.4 is 14.4 Å². The average Bonchev–Trinajstić information content (AvgIpc) is 2.76. The first-order chi connectivity index (χ1) is 15.6. The summed E-state index contributed by atoms with van der Waals surface area (Å²) in [4.78, 5) is 27.4. The van der Waals surface area contributed by atoms with Gasteiger partial charge in [0.25, 0.3) is 0 Å². The van der Waals surface area contributed by atoms with Crippen molar-refractivity contribution in [2.24, 2.45) is 0 Å². The highest BCUT2D eigenvalue weighted by atomic mass is 32.2. The highest BCUT2D eigenvalue weighted by molar-refractivity contribution is 7.92. The molecule has 180 valence electrons. The van der Waals surface area contributed by atoms with Gasteiger partial charge in [0, 0.05) is 13.1 Å². The summed E-state index contributed by atoms with van der Waals surface area (Å²) in [6, 6.07) is 13.5. The van der Waals surface area contributed by atoms with Crippen LogP contribution in [0.25, 0.3) is 0 Å². The lowest BCUT2D eigenvalue weighted by molar-refractivity contribution is -0.139. The van der Waals surface area contributed by atoms with Crippen LogP contribution in [-0.2, 0) is 26.2 Å². The molecule has 2 amide bonds. The molecule has 0 saturated heterocycles. The van der Waals surface area contributed by atoms with E-state index in [1.165, 1.54) is 4.90 Å². The van der Waals surface area contributed by atoms with Crippen LogP contribution in [-0.4, -0.2) is 57.1 Å². The maximum Gasteiger partial charge on any atom is 0.244 e. The van der Waals surface area contributed by atoms with Crippen LogP contribution in [0.3, 0.4) is 0 Å². The second-order valence-electron chi connectivity index (χ2n) is 7.75. The summed E-state index contributed by atoms with van der Waals surface area (Å²) in [6.45, 7) is 7.67. The Morgan fingerprint density at radius 3 is 2.27 bits per heavy atom. The van der Waals surface area contributed by atoms with Crippen LogP contribution in [0.5, 0.6) is 5.75 Å². The van der Waals surface area contributed by atoms with Gasteiger partial charge in [-0.1, -0.05) is 42.0 Å². The smallest absolute Gasteiger partial charge is 0.244 e. The van der Waals surface area contributed by atoms with Gasteiger partial charge in [0.05, 0.1) is 18.6 Å². The fraction of sp³-hybridized carbons (Fsp3) is 0.417. The number of carbonyl (C=O) groups is 2. The Kier molecular flexibility index (Phi) is 9.28. The Morgan fingerprint density at radius 2 is 1.70 bits per heavy atom. The quantitative estimate of drug-likeness (QED) is 0.539. The lowest BCUT2D eigenvalue weighted by Crippen LogP contribution is -2.51. The van der Waals surface area contributed by atoms with E-state index in [9.17, 15) is 18.0 Å². The van der Waals surface area contributed by atoms with Crippen molar-refractivity contribution in [3.05, 3.63) is 59.7 Å². The summed E-state index contributed by atoms with van der Waals surface area (Å²) in [7, 11) is -3.82. The number of benzene rings is 2. The molecule has 0 fully saturated rings. The summed E-state index contributed by atoms with van der Waals surface area (Å²) in [5, 5.41) is 2.73. The molecule has 0 aromatic heterocycles. The summed E-state index contributed by atoms with van der Waals surface area (Å²) >= 11 is 0. The maximum atomic E-state index is 13.5. The van der Waals surface area contributed by atoms with E-state index in [0.717, 1.165) is 21.7 Å². The molecule has 0 aliphatic rings. The molecule has 0 unspecified atom stereocenters. The number of ether oxygens (including phenoxy) is 1. The number of aryl methyl sites for hydroxylation is 1. The second kappa shape index (κ2) is 11.7. The standard InChI is InChI=1S/C24H33N3O5S/c1-6-25-24(29)19(4)26(16-20-14-12-18(3)13-15-20)23(28)17-27(33(5,30)31)21-10-8-9-11-22(21)32-7-2/h8-15,19H,6-7,16-17H2,1-5H3,(H,25,29)/t19-/m0/s1. The van der Waals surface area contributed by atoms with Gasteiger partial charge in [-0.05, 0) is 45.4 Å². The number of para-hydroxylation sites is 2. The first-order valence-electron chi connectivity index (χ1n) is 10.9. The molecule has 2 rings (SSSR count). The normalized spacial score (nSPS) is 12.0. The van der Waals surface area contributed by atoms with Crippen LogP contribution in [0.15, 0.2) is 48.5 Å². The highest BCUT2D eigenvalue weighted by Crippen LogP contribution is 2.30. The monoisotopic (exact) mass is 475 g/mol. The fourth-order valence-corrected chi connectivity index (χ4v) is 4.18. The van der Waals surface area contributed by atoms with E-state index >= 15 is 0 Å². The Bertz CT molecular complexity index is 1050. The third-order valence-electron chi connectivity index (χ3n) is 5.10. The van der Waals surface area contributed by atoms with Gasteiger partial charge in [-0.25, -0.2) is 8.42 Å². The summed E-state index contributed by atoms with van der Waals surface area (Å²) in [5.74, 6) is -0.440. The number of carbonyl (C=O) groups excluding carboxylic acids is 2. The van der Waals surface area contributed by atoms with E-state index in [1.807, 2.05) is 31.2 Å². The molecule has 1 atom stereocenters. The number of likely N-dealkylation sites (N-methyl/N-ethyl adjacent to an activating group) is 1. The summed E-state index contributed by atoms with van der Waals surface area (Å²) < 4.78 is 31.9. The largest absolute Gasteiger partial charge is 0.492 e. The zero-order valence-electron chi connectivity index (χ0n) is 19.9. The number of rotatable bonds is 11. The van der Waals surface area contributed by atoms with Crippen LogP contribution in [0.2, 0.25) is 0 Å². The van der Waals surface area contributed by atoms with Gasteiger partial charge < -0.3 is 15.0 Å². The number of sulfonamides is 1. The van der Waals surface area contributed by atoms with Crippen molar-refractivity contribution in [3.63, 3.8) is 0 Å². The highest BCUT2D eigenvalue weighted by Gasteiger charge is 2.30. The van der Waals surface area contributed by atoms with Gasteiger partial charge in [0.1, 0.15) is 18.3 Å². The van der Waals surface area contributed by atoms with Gasteiger partial charge >= 0.3 is 0 Å². The minimum absolute atomic E-state index is 0.169. The van der Waals surface area contributed by atoms with Crippen molar-refractivity contribution in [3.8, 4) is 5.75 Å². The number of amides is 2. The van der Waals surface area contributed by atoms with Crippen molar-refractivity contribution in [2.45, 2.75) is 40.3 Å². The van der Waals surface area contributed by atoms with E-state index in [-0.39, 0.29) is 18.1 Å². The molecule has 2 aromatic rings. The van der Waals surface area contributed by atoms with Crippen LogP contribution in [0, 0.1) is 6.92 Å². The van der Waals surface area contributed by atoms with E-state index in [0.29, 0.717) is 18.9 Å². The molecular weight excluding hydrogens is 442 g/mol. The zero-order valence-corrected chi connectivity index (χ0v) is 20.7. The van der Waals surface area contributed by atoms with Gasteiger partial charge in [0.15, 0.2) is 0 Å². The van der Waals surface area contributed by atoms with Crippen molar-refractivity contribution >= 4 is 27.5 Å². The Labute approximate surface area is 196 Å². The summed E-state index contributed by atoms with van der Waals surface area (Å²) in [5.41, 5.74) is 2.19. The van der Waals surface area contributed by atoms with Gasteiger partial charge in [-0.2, -0.15) is 0 Å². The Balaban J connectivity index is 2.41. The molecule has 8 nitrogen and oxygen atoms in total. The van der Waals surface area contributed by atoms with Crippen LogP contribution in [0.4, 0.5) is 5.69 Å². The molecule has 9 heteroatoms. The first-order valence-corrected chi connectivity index (χ1v) is 12.8. The maximum absolute atomic E-state index is 13.5. The first kappa shape index (κ1) is 26.2. The number of hydrogen-bond donors (Lipinski definition) is 1. The topological polar surface area (TPSA) is 96.0 Å². The number of hydrogen-bond acceptors (Lipinski definition) is 5. The average molecular weight is 476 g/mol. The molecule has 0 aliphatic carbocycles. The van der Waals surface area contributed by atoms with Crippen LogP contribution in [0.1, 0.15) is 31.9 Å². The molecule has 0 saturated carbocycles. The molecule has 0 spiro atoms. The molecule has 0 bridgehead atoms. The van der Waals surface area contributed by atoms with Crippen molar-refractivity contribution < 1.29 is 22.7 Å². The predicted molar refractivity (Wildman–Crippen MR) is 130 cm³/mol. The van der Waals surface area contributed by atoms with Crippen molar-refractivity contribution in [1.82, 2.24) is 10.2 Å². The Morgan fingerprint density at radius 1 is 1.06 bits per heavy atom. The van der Waals surface area contributed by atoms with Gasteiger partial charge in [-0.15, -0.1) is 0 Å². The van der Waals surface area contributed by atoms with E-state index in [4.69, 9.17) is 4.74 Å². The van der Waals surface area contributed by atoms with E-state index in [2.05, 4.69) is 5.32 Å². The fourth-order valence-electron chi connectivity index (χ4n) is 3.33. The van der Waals surface area contributed by atoms with Gasteiger partial charge in [-0.3, -0.25) is 13.9 Å².